The third kappa shape index (κ3) is 13.2. The van der Waals surface area contributed by atoms with Gasteiger partial charge in [-0.15, -0.1) is 0 Å². The normalized spacial score (nSPS) is 19.1. The lowest BCUT2D eigenvalue weighted by Crippen LogP contribution is -2.76. The topological polar surface area (TPSA) is 205 Å². The molecule has 5 rings (SSSR count). The highest BCUT2D eigenvalue weighted by Crippen LogP contribution is 2.43. The number of benzene rings is 2. The molecule has 0 spiro atoms. The molecule has 0 aliphatic carbocycles. The second kappa shape index (κ2) is 23.3. The Kier molecular flexibility index (Phi) is 18.6. The van der Waals surface area contributed by atoms with Gasteiger partial charge in [-0.05, 0) is 93.6 Å². The van der Waals surface area contributed by atoms with E-state index in [1.54, 1.807) is 28.4 Å². The summed E-state index contributed by atoms with van der Waals surface area (Å²) in [4.78, 5) is 0. The fourth-order valence-electron chi connectivity index (χ4n) is 7.04. The number of hydrogen-bond acceptors (Lipinski definition) is 15. The summed E-state index contributed by atoms with van der Waals surface area (Å²) >= 11 is 0. The average molecular weight is 930 g/mol. The van der Waals surface area contributed by atoms with E-state index in [0.29, 0.717) is 56.7 Å². The van der Waals surface area contributed by atoms with Gasteiger partial charge in [-0.25, -0.2) is 18.3 Å². The van der Waals surface area contributed by atoms with Crippen LogP contribution >= 0.6 is 0 Å². The molecule has 0 bridgehead atoms. The number of rotatable bonds is 28. The van der Waals surface area contributed by atoms with Crippen LogP contribution in [0.25, 0.3) is 0 Å². The predicted octanol–water partition coefficient (Wildman–Crippen LogP) is 5.79. The van der Waals surface area contributed by atoms with Crippen molar-refractivity contribution in [3.63, 3.8) is 0 Å². The Morgan fingerprint density at radius 1 is 0.661 bits per heavy atom. The van der Waals surface area contributed by atoms with Gasteiger partial charge in [0.25, 0.3) is 0 Å². The van der Waals surface area contributed by atoms with Crippen LogP contribution in [0.5, 0.6) is 0 Å². The molecule has 1 atom stereocenters. The van der Waals surface area contributed by atoms with Gasteiger partial charge in [0.2, 0.25) is 0 Å². The predicted molar refractivity (Wildman–Crippen MR) is 242 cm³/mol. The third-order valence-corrected chi connectivity index (χ3v) is 27.0. The molecule has 340 valence electrons. The molecule has 0 amide bonds. The molecule has 0 saturated carbocycles. The fraction of sp³-hybridized carbons (Fsp3) is 0.538. The van der Waals surface area contributed by atoms with Gasteiger partial charge in [0.15, 0.2) is 0 Å². The quantitative estimate of drug-likeness (QED) is 0.0269. The Bertz CT molecular complexity index is 1990. The lowest BCUT2D eigenvalue weighted by atomic mass is 10.1. The van der Waals surface area contributed by atoms with Crippen molar-refractivity contribution in [3.8, 4) is 0 Å². The van der Waals surface area contributed by atoms with Crippen LogP contribution < -0.4 is 25.9 Å². The molecule has 23 heteroatoms. The first-order valence-corrected chi connectivity index (χ1v) is 28.8. The van der Waals surface area contributed by atoms with Crippen molar-refractivity contribution in [2.45, 2.75) is 62.7 Å². The lowest BCUT2D eigenvalue weighted by molar-refractivity contribution is -0.657. The number of aryl methyl sites for hydroxylation is 5. The maximum atomic E-state index is 7.07. The van der Waals surface area contributed by atoms with Gasteiger partial charge in [0.1, 0.15) is 11.4 Å². The first-order valence-electron chi connectivity index (χ1n) is 21.1. The fourth-order valence-corrected chi connectivity index (χ4v) is 25.1. The van der Waals surface area contributed by atoms with E-state index in [-0.39, 0.29) is 0 Å². The molecule has 3 heterocycles. The van der Waals surface area contributed by atoms with Crippen LogP contribution in [-0.4, -0.2) is 92.4 Å². The van der Waals surface area contributed by atoms with E-state index in [4.69, 9.17) is 45.6 Å². The van der Waals surface area contributed by atoms with Crippen molar-refractivity contribution >= 4 is 64.2 Å². The van der Waals surface area contributed by atoms with Crippen molar-refractivity contribution in [1.29, 1.82) is 0 Å². The van der Waals surface area contributed by atoms with E-state index < -0.39 is 35.2 Å². The molecule has 1 saturated heterocycles. The number of imidazole rings is 2. The highest BCUT2D eigenvalue weighted by molar-refractivity contribution is 6.92. The highest BCUT2D eigenvalue weighted by Gasteiger charge is 2.70. The van der Waals surface area contributed by atoms with E-state index in [1.165, 1.54) is 5.56 Å². The second-order valence-electron chi connectivity index (χ2n) is 15.2. The zero-order chi connectivity index (χ0) is 44.6. The molecule has 4 aromatic rings. The number of azo groups is 2. The first-order chi connectivity index (χ1) is 29.9. The minimum absolute atomic E-state index is 0.444. The second-order valence-corrected chi connectivity index (χ2v) is 27.6. The van der Waals surface area contributed by atoms with E-state index in [0.717, 1.165) is 54.6 Å². The van der Waals surface area contributed by atoms with Gasteiger partial charge >= 0.3 is 47.1 Å². The van der Waals surface area contributed by atoms with Gasteiger partial charge in [0.05, 0.1) is 53.0 Å². The van der Waals surface area contributed by atoms with Crippen LogP contribution in [0.15, 0.2) is 93.8 Å². The zero-order valence-electron chi connectivity index (χ0n) is 37.6. The van der Waals surface area contributed by atoms with Gasteiger partial charge in [-0.1, -0.05) is 22.4 Å². The monoisotopic (exact) mass is 929 g/mol. The number of nitrogens with zero attached hydrogens (tertiary/aromatic N) is 8. The minimum atomic E-state index is -3.59. The summed E-state index contributed by atoms with van der Waals surface area (Å²) in [6.45, 7) is 1.58. The molecule has 2 aromatic heterocycles. The number of nitrogens with two attached hydrogens (primary N) is 2. The molecular formula is C39H67N11O8Si4+2. The Morgan fingerprint density at radius 2 is 1.19 bits per heavy atom. The van der Waals surface area contributed by atoms with Gasteiger partial charge in [0, 0.05) is 75.1 Å². The molecule has 2 aromatic carbocycles. The smallest absolute Gasteiger partial charge is 0.385 e. The molecular weight excluding hydrogens is 863 g/mol. The molecule has 0 radical (unpaired) electrons. The lowest BCUT2D eigenvalue weighted by Gasteiger charge is -2.52. The van der Waals surface area contributed by atoms with Crippen molar-refractivity contribution in [2.75, 3.05) is 53.4 Å². The maximum Gasteiger partial charge on any atom is 0.493 e. The van der Waals surface area contributed by atoms with Crippen LogP contribution in [0.3, 0.4) is 0 Å². The average Bonchev–Trinajstić information content (AvgIpc) is 3.78. The van der Waals surface area contributed by atoms with Crippen LogP contribution in [-0.2, 0) is 68.8 Å². The molecule has 1 aliphatic rings. The van der Waals surface area contributed by atoms with E-state index in [9.17, 15) is 0 Å². The van der Waals surface area contributed by atoms with Crippen LogP contribution in [0.2, 0.25) is 24.2 Å². The standard InChI is InChI=1S/C39H66N11O8Si4/c1-47-26-27-48(2)38(47)45-43-36-17-15-34(16-18-36)14-9-10-30-60(53-7,55-59(51-5,52-6)31-11-23-40)56-62(32-12-24-41)57-61(54-8,58-62)33-13-25-42-35-19-21-37(22-20-35)44-46-39-49(3)28-29-50(39)4/h15-22,26-29H,9-14,23-25,30-33,40-41H2,1-8H3/q+1/p+1. The van der Waals surface area contributed by atoms with Crippen LogP contribution in [0.4, 0.5) is 29.0 Å². The third-order valence-electron chi connectivity index (χ3n) is 10.7. The summed E-state index contributed by atoms with van der Waals surface area (Å²) in [5.41, 5.74) is 15.7. The van der Waals surface area contributed by atoms with Crippen LogP contribution in [0.1, 0.15) is 37.7 Å². The zero-order valence-corrected chi connectivity index (χ0v) is 41.6. The van der Waals surface area contributed by atoms with Crippen molar-refractivity contribution in [2.24, 2.45) is 60.1 Å². The summed E-state index contributed by atoms with van der Waals surface area (Å²) in [5.74, 6) is 1.51. The van der Waals surface area contributed by atoms with Crippen molar-refractivity contribution in [3.05, 3.63) is 78.9 Å². The minimum Gasteiger partial charge on any atom is -0.385 e. The summed E-state index contributed by atoms with van der Waals surface area (Å²) < 4.78 is 59.7. The van der Waals surface area contributed by atoms with Gasteiger partial charge in [-0.3, -0.25) is 0 Å². The number of hydrogen-bond donors (Lipinski definition) is 3. The summed E-state index contributed by atoms with van der Waals surface area (Å²) in [7, 11) is 0.907. The number of unbranched alkanes of at least 4 members (excludes halogenated alkanes) is 1. The van der Waals surface area contributed by atoms with E-state index in [1.807, 2.05) is 108 Å². The van der Waals surface area contributed by atoms with Crippen molar-refractivity contribution < 1.29 is 43.3 Å². The van der Waals surface area contributed by atoms with E-state index >= 15 is 0 Å². The Hall–Kier alpha value is -3.67. The highest BCUT2D eigenvalue weighted by atomic mass is 28.6. The molecule has 5 N–H and O–H groups in total. The molecule has 62 heavy (non-hydrogen) atoms. The van der Waals surface area contributed by atoms with Gasteiger partial charge < -0.3 is 50.9 Å². The van der Waals surface area contributed by atoms with Crippen molar-refractivity contribution in [1.82, 2.24) is 9.13 Å². The Morgan fingerprint density at radius 3 is 1.69 bits per heavy atom. The number of aromatic nitrogens is 4. The first kappa shape index (κ1) is 49.3. The Labute approximate surface area is 370 Å². The molecule has 19 nitrogen and oxygen atoms in total. The van der Waals surface area contributed by atoms with E-state index in [2.05, 4.69) is 37.9 Å². The SMILES string of the molecule is CO[Si](CCCN)(OC)O[Si](CCCCc1ccc(N=Nc2n(C)cc[n+]2C)cc1)(OC)O[Si]1(CCCN)O[Si](CCCNc2ccc(N=Nc3n(C)cc[n+]3C)cc2)(OC)O1. The maximum absolute atomic E-state index is 7.07. The van der Waals surface area contributed by atoms with Crippen LogP contribution in [0, 0.1) is 0 Å². The number of anilines is 1. The number of nitrogens with one attached hydrogen (secondary N) is 1. The largest absolute Gasteiger partial charge is 0.493 e. The van der Waals surface area contributed by atoms with Gasteiger partial charge in [-0.2, -0.15) is 0 Å². The summed E-state index contributed by atoms with van der Waals surface area (Å²) in [6, 6.07) is 18.1. The summed E-state index contributed by atoms with van der Waals surface area (Å²) in [6.07, 6.45) is 12.2. The molecule has 1 fully saturated rings. The Balaban J connectivity index is 1.22. The summed E-state index contributed by atoms with van der Waals surface area (Å²) in [5, 5.41) is 21.1. The molecule has 1 unspecified atom stereocenters. The molecule has 1 aliphatic heterocycles.